The van der Waals surface area contributed by atoms with Crippen molar-refractivity contribution in [3.8, 4) is 0 Å². The highest BCUT2D eigenvalue weighted by atomic mass is 32.2. The van der Waals surface area contributed by atoms with Gasteiger partial charge in [-0.2, -0.15) is 0 Å². The molecule has 4 heteroatoms. The Morgan fingerprint density at radius 1 is 1.00 bits per heavy atom. The van der Waals surface area contributed by atoms with Gasteiger partial charge in [-0.25, -0.2) is 0 Å². The lowest BCUT2D eigenvalue weighted by molar-refractivity contribution is -0.142. The van der Waals surface area contributed by atoms with Crippen molar-refractivity contribution in [1.82, 2.24) is 0 Å². The molecule has 0 spiro atoms. The van der Waals surface area contributed by atoms with Crippen LogP contribution in [-0.2, 0) is 27.8 Å². The summed E-state index contributed by atoms with van der Waals surface area (Å²) in [6.07, 6.45) is 2.27. The normalized spacial score (nSPS) is 11.3. The highest BCUT2D eigenvalue weighted by molar-refractivity contribution is 8.14. The summed E-state index contributed by atoms with van der Waals surface area (Å²) in [6.45, 7) is 10.7. The molecule has 0 aliphatic carbocycles. The van der Waals surface area contributed by atoms with Gasteiger partial charge in [-0.05, 0) is 53.3 Å². The molecule has 0 aromatic heterocycles. The van der Waals surface area contributed by atoms with Crippen LogP contribution in [0.5, 0.6) is 0 Å². The Kier molecular flexibility index (Phi) is 7.88. The van der Waals surface area contributed by atoms with Gasteiger partial charge in [0.15, 0.2) is 0 Å². The van der Waals surface area contributed by atoms with Crippen molar-refractivity contribution in [1.29, 1.82) is 0 Å². The number of esters is 1. The fourth-order valence-corrected chi connectivity index (χ4v) is 3.76. The van der Waals surface area contributed by atoms with E-state index in [1.165, 1.54) is 17.3 Å². The van der Waals surface area contributed by atoms with Crippen molar-refractivity contribution in [2.75, 3.05) is 6.61 Å². The molecule has 2 aromatic rings. The minimum absolute atomic E-state index is 0.0170. The van der Waals surface area contributed by atoms with Gasteiger partial charge in [0, 0.05) is 10.5 Å². The number of rotatable bonds is 7. The molecular weight excluding hydrogens is 368 g/mol. The van der Waals surface area contributed by atoms with Crippen molar-refractivity contribution in [3.63, 3.8) is 0 Å². The van der Waals surface area contributed by atoms with Crippen LogP contribution >= 0.6 is 11.8 Å². The van der Waals surface area contributed by atoms with Gasteiger partial charge in [0.1, 0.15) is 0 Å². The summed E-state index contributed by atoms with van der Waals surface area (Å²) in [6, 6.07) is 13.8. The Balaban J connectivity index is 2.27. The van der Waals surface area contributed by atoms with E-state index in [0.29, 0.717) is 12.2 Å². The maximum absolute atomic E-state index is 12.8. The summed E-state index contributed by atoms with van der Waals surface area (Å²) >= 11 is 1.18. The third-order valence-electron chi connectivity index (χ3n) is 4.50. The van der Waals surface area contributed by atoms with Gasteiger partial charge < -0.3 is 4.74 Å². The van der Waals surface area contributed by atoms with E-state index in [1.54, 1.807) is 6.92 Å². The van der Waals surface area contributed by atoms with Crippen LogP contribution in [0, 0.1) is 0 Å². The average molecular weight is 399 g/mol. The predicted octanol–water partition coefficient (Wildman–Crippen LogP) is 5.97. The summed E-state index contributed by atoms with van der Waals surface area (Å²) in [4.78, 5) is 25.6. The second kappa shape index (κ2) is 9.92. The number of thioether (sulfide) groups is 1. The van der Waals surface area contributed by atoms with E-state index in [2.05, 4.69) is 27.7 Å². The minimum Gasteiger partial charge on any atom is -0.466 e. The van der Waals surface area contributed by atoms with E-state index in [-0.39, 0.29) is 22.9 Å². The number of aryl methyl sites for hydroxylation is 1. The molecule has 28 heavy (non-hydrogen) atoms. The van der Waals surface area contributed by atoms with Gasteiger partial charge >= 0.3 is 5.97 Å². The summed E-state index contributed by atoms with van der Waals surface area (Å²) < 4.78 is 5.12. The van der Waals surface area contributed by atoms with Crippen LogP contribution in [0.1, 0.15) is 68.1 Å². The lowest BCUT2D eigenvalue weighted by Gasteiger charge is -2.21. The van der Waals surface area contributed by atoms with E-state index in [4.69, 9.17) is 4.74 Å². The molecule has 2 aromatic carbocycles. The van der Waals surface area contributed by atoms with E-state index in [1.807, 2.05) is 42.5 Å². The van der Waals surface area contributed by atoms with Gasteiger partial charge in [0.05, 0.1) is 13.0 Å². The molecule has 2 rings (SSSR count). The zero-order chi connectivity index (χ0) is 20.7. The number of hydrogen-bond donors (Lipinski definition) is 0. The first kappa shape index (κ1) is 22.2. The molecule has 0 saturated carbocycles. The quantitative estimate of drug-likeness (QED) is 0.425. The maximum atomic E-state index is 12.8. The van der Waals surface area contributed by atoms with Gasteiger partial charge in [-0.15, -0.1) is 0 Å². The van der Waals surface area contributed by atoms with Crippen LogP contribution in [0.4, 0.5) is 0 Å². The van der Waals surface area contributed by atoms with Gasteiger partial charge in [0.2, 0.25) is 5.12 Å². The summed E-state index contributed by atoms with van der Waals surface area (Å²) in [5.41, 5.74) is 3.85. The summed E-state index contributed by atoms with van der Waals surface area (Å²) in [5, 5.41) is -0.0170. The Morgan fingerprint density at radius 3 is 2.25 bits per heavy atom. The number of benzene rings is 2. The molecule has 0 radical (unpaired) electrons. The zero-order valence-electron chi connectivity index (χ0n) is 17.5. The SMILES string of the molecule is CCCc1ccc(C(=O)Sc2ccc(C(C)(C)C)cc2CC(=O)OCC)cc1. The molecule has 0 heterocycles. The van der Waals surface area contributed by atoms with E-state index in [9.17, 15) is 9.59 Å². The predicted molar refractivity (Wildman–Crippen MR) is 116 cm³/mol. The second-order valence-electron chi connectivity index (χ2n) is 7.89. The van der Waals surface area contributed by atoms with Crippen LogP contribution < -0.4 is 0 Å². The number of hydrogen-bond acceptors (Lipinski definition) is 4. The lowest BCUT2D eigenvalue weighted by atomic mass is 9.86. The zero-order valence-corrected chi connectivity index (χ0v) is 18.3. The number of carbonyl (C=O) groups excluding carboxylic acids is 2. The molecule has 3 nitrogen and oxygen atoms in total. The van der Waals surface area contributed by atoms with Crippen LogP contribution in [0.3, 0.4) is 0 Å². The van der Waals surface area contributed by atoms with Crippen LogP contribution in [-0.4, -0.2) is 17.7 Å². The molecule has 0 saturated heterocycles. The molecule has 0 aliphatic rings. The largest absolute Gasteiger partial charge is 0.466 e. The summed E-state index contributed by atoms with van der Waals surface area (Å²) in [7, 11) is 0. The fraction of sp³-hybridized carbons (Fsp3) is 0.417. The van der Waals surface area contributed by atoms with Crippen molar-refractivity contribution in [2.45, 2.75) is 64.2 Å². The Labute approximate surface area is 172 Å². The van der Waals surface area contributed by atoms with Crippen LogP contribution in [0.2, 0.25) is 0 Å². The van der Waals surface area contributed by atoms with Crippen LogP contribution in [0.15, 0.2) is 47.4 Å². The monoisotopic (exact) mass is 398 g/mol. The first-order valence-corrected chi connectivity index (χ1v) is 10.7. The third kappa shape index (κ3) is 6.23. The molecule has 0 amide bonds. The molecule has 0 aliphatic heterocycles. The fourth-order valence-electron chi connectivity index (χ4n) is 2.91. The Bertz CT molecular complexity index is 817. The Morgan fingerprint density at radius 2 is 1.68 bits per heavy atom. The molecule has 0 atom stereocenters. The van der Waals surface area contributed by atoms with Gasteiger partial charge in [-0.3, -0.25) is 9.59 Å². The van der Waals surface area contributed by atoms with Gasteiger partial charge in [-0.1, -0.05) is 70.5 Å². The van der Waals surface area contributed by atoms with E-state index >= 15 is 0 Å². The molecular formula is C24H30O3S. The lowest BCUT2D eigenvalue weighted by Crippen LogP contribution is -2.14. The van der Waals surface area contributed by atoms with E-state index < -0.39 is 0 Å². The molecule has 150 valence electrons. The van der Waals surface area contributed by atoms with Crippen molar-refractivity contribution < 1.29 is 14.3 Å². The first-order chi connectivity index (χ1) is 13.2. The molecule has 0 N–H and O–H groups in total. The first-order valence-electron chi connectivity index (χ1n) is 9.84. The third-order valence-corrected chi connectivity index (χ3v) is 5.54. The highest BCUT2D eigenvalue weighted by Crippen LogP contribution is 2.31. The minimum atomic E-state index is -0.272. The second-order valence-corrected chi connectivity index (χ2v) is 8.91. The Hall–Kier alpha value is -2.07. The number of ether oxygens (including phenoxy) is 1. The van der Waals surface area contributed by atoms with Crippen molar-refractivity contribution in [2.24, 2.45) is 0 Å². The highest BCUT2D eigenvalue weighted by Gasteiger charge is 2.19. The standard InChI is InChI=1S/C24H30O3S/c1-6-8-17-9-11-18(12-10-17)23(26)28-21-14-13-20(24(3,4)5)15-19(21)16-22(25)27-7-2/h9-15H,6-8,16H2,1-5H3. The summed E-state index contributed by atoms with van der Waals surface area (Å²) in [5.74, 6) is -0.272. The average Bonchev–Trinajstić information content (AvgIpc) is 2.63. The molecule has 0 fully saturated rings. The van der Waals surface area contributed by atoms with Gasteiger partial charge in [0.25, 0.3) is 0 Å². The smallest absolute Gasteiger partial charge is 0.310 e. The maximum Gasteiger partial charge on any atom is 0.310 e. The van der Waals surface area contributed by atoms with E-state index in [0.717, 1.165) is 28.9 Å². The number of carbonyl (C=O) groups is 2. The van der Waals surface area contributed by atoms with Crippen LogP contribution in [0.25, 0.3) is 0 Å². The molecule has 0 unspecified atom stereocenters. The topological polar surface area (TPSA) is 43.4 Å². The van der Waals surface area contributed by atoms with Crippen molar-refractivity contribution >= 4 is 22.8 Å². The molecule has 0 bridgehead atoms. The van der Waals surface area contributed by atoms with Crippen molar-refractivity contribution in [3.05, 3.63) is 64.7 Å².